The van der Waals surface area contributed by atoms with E-state index in [1.807, 2.05) is 6.07 Å². The van der Waals surface area contributed by atoms with Gasteiger partial charge in [0.2, 0.25) is 0 Å². The molecule has 0 aliphatic rings. The molecule has 2 rings (SSSR count). The lowest BCUT2D eigenvalue weighted by Gasteiger charge is -2.03. The van der Waals surface area contributed by atoms with Gasteiger partial charge in [0.15, 0.2) is 0 Å². The van der Waals surface area contributed by atoms with E-state index in [9.17, 15) is 0 Å². The van der Waals surface area contributed by atoms with Crippen molar-refractivity contribution in [2.45, 2.75) is 0 Å². The second-order valence-corrected chi connectivity index (χ2v) is 3.44. The minimum absolute atomic E-state index is 0.504. The van der Waals surface area contributed by atoms with Gasteiger partial charge in [-0.1, -0.05) is 28.4 Å². The zero-order valence-electron chi connectivity index (χ0n) is 6.96. The number of H-pyrrole nitrogens is 1. The third kappa shape index (κ3) is 1.97. The number of hydrogen-bond donors (Lipinski definition) is 2. The number of aromatic amines is 1. The molecule has 0 spiro atoms. The Morgan fingerprint density at radius 2 is 2.07 bits per heavy atom. The highest BCUT2D eigenvalue weighted by atomic mass is 35.5. The number of anilines is 2. The van der Waals surface area contributed by atoms with E-state index in [1.165, 1.54) is 0 Å². The van der Waals surface area contributed by atoms with Gasteiger partial charge in [0.25, 0.3) is 0 Å². The van der Waals surface area contributed by atoms with Gasteiger partial charge in [0.05, 0.1) is 16.2 Å². The molecule has 14 heavy (non-hydrogen) atoms. The lowest BCUT2D eigenvalue weighted by Crippen LogP contribution is -1.90. The molecule has 1 heterocycles. The van der Waals surface area contributed by atoms with Gasteiger partial charge in [-0.05, 0) is 18.2 Å². The first-order valence-corrected chi connectivity index (χ1v) is 4.59. The Morgan fingerprint density at radius 3 is 2.71 bits per heavy atom. The Kier molecular flexibility index (Phi) is 2.56. The molecule has 6 heteroatoms. The summed E-state index contributed by atoms with van der Waals surface area (Å²) in [5.74, 6) is 0.698. The van der Waals surface area contributed by atoms with Crippen LogP contribution in [0.3, 0.4) is 0 Å². The number of halogens is 2. The zero-order valence-corrected chi connectivity index (χ0v) is 8.47. The average Bonchev–Trinajstić information content (AvgIpc) is 2.64. The lowest BCUT2D eigenvalue weighted by molar-refractivity contribution is 0.942. The molecule has 0 aliphatic carbocycles. The minimum Gasteiger partial charge on any atom is -0.339 e. The van der Waals surface area contributed by atoms with E-state index < -0.39 is 0 Å². The van der Waals surface area contributed by atoms with Crippen molar-refractivity contribution >= 4 is 34.7 Å². The van der Waals surface area contributed by atoms with Crippen molar-refractivity contribution in [3.05, 3.63) is 34.4 Å². The lowest BCUT2D eigenvalue weighted by atomic mass is 10.3. The molecule has 0 bridgehead atoms. The van der Waals surface area contributed by atoms with Crippen molar-refractivity contribution < 1.29 is 0 Å². The van der Waals surface area contributed by atoms with Crippen LogP contribution in [0.4, 0.5) is 11.5 Å². The summed E-state index contributed by atoms with van der Waals surface area (Å²) >= 11 is 11.6. The number of nitrogens with zero attached hydrogens (tertiary/aromatic N) is 2. The predicted molar refractivity (Wildman–Crippen MR) is 56.1 cm³/mol. The highest BCUT2D eigenvalue weighted by molar-refractivity contribution is 6.42. The average molecular weight is 229 g/mol. The molecule has 4 nitrogen and oxygen atoms in total. The first-order valence-electron chi connectivity index (χ1n) is 3.84. The molecule has 0 atom stereocenters. The molecule has 0 radical (unpaired) electrons. The Labute approximate surface area is 90.2 Å². The molecule has 72 valence electrons. The van der Waals surface area contributed by atoms with Crippen LogP contribution in [0.2, 0.25) is 10.0 Å². The summed E-state index contributed by atoms with van der Waals surface area (Å²) in [6.07, 6.45) is 1.57. The van der Waals surface area contributed by atoms with Crippen LogP contribution in [-0.4, -0.2) is 15.4 Å². The molecule has 0 unspecified atom stereocenters. The van der Waals surface area contributed by atoms with E-state index in [2.05, 4.69) is 20.7 Å². The SMILES string of the molecule is Clc1ccc(Nc2cnn[nH]2)cc1Cl. The number of rotatable bonds is 2. The molecular weight excluding hydrogens is 223 g/mol. The molecule has 2 aromatic rings. The van der Waals surface area contributed by atoms with Gasteiger partial charge in [-0.25, -0.2) is 5.10 Å². The van der Waals surface area contributed by atoms with Crippen LogP contribution in [0.1, 0.15) is 0 Å². The van der Waals surface area contributed by atoms with Crippen molar-refractivity contribution in [3.8, 4) is 0 Å². The molecule has 0 saturated heterocycles. The maximum absolute atomic E-state index is 5.84. The van der Waals surface area contributed by atoms with Crippen LogP contribution in [0.25, 0.3) is 0 Å². The topological polar surface area (TPSA) is 53.6 Å². The van der Waals surface area contributed by atoms with Gasteiger partial charge in [-0.15, -0.1) is 5.10 Å². The largest absolute Gasteiger partial charge is 0.339 e. The minimum atomic E-state index is 0.504. The molecule has 1 aromatic heterocycles. The van der Waals surface area contributed by atoms with E-state index in [0.29, 0.717) is 15.9 Å². The zero-order chi connectivity index (χ0) is 9.97. The summed E-state index contributed by atoms with van der Waals surface area (Å²) < 4.78 is 0. The molecule has 0 saturated carbocycles. The van der Waals surface area contributed by atoms with E-state index in [4.69, 9.17) is 23.2 Å². The first-order chi connectivity index (χ1) is 6.75. The number of benzene rings is 1. The third-order valence-electron chi connectivity index (χ3n) is 1.61. The number of aromatic nitrogens is 3. The van der Waals surface area contributed by atoms with E-state index in [1.54, 1.807) is 18.3 Å². The molecule has 0 aliphatic heterocycles. The maximum atomic E-state index is 5.84. The van der Waals surface area contributed by atoms with Gasteiger partial charge in [0.1, 0.15) is 5.82 Å². The highest BCUT2D eigenvalue weighted by Gasteiger charge is 2.00. The van der Waals surface area contributed by atoms with Gasteiger partial charge in [-0.3, -0.25) is 0 Å². The van der Waals surface area contributed by atoms with Gasteiger partial charge in [-0.2, -0.15) is 0 Å². The predicted octanol–water partition coefficient (Wildman–Crippen LogP) is 2.86. The van der Waals surface area contributed by atoms with Crippen molar-refractivity contribution in [3.63, 3.8) is 0 Å². The fraction of sp³-hybridized carbons (Fsp3) is 0. The summed E-state index contributed by atoms with van der Waals surface area (Å²) in [6, 6.07) is 5.26. The molecule has 0 amide bonds. The van der Waals surface area contributed by atoms with E-state index in [-0.39, 0.29) is 0 Å². The normalized spacial score (nSPS) is 10.1. The second-order valence-electron chi connectivity index (χ2n) is 2.62. The number of nitrogens with one attached hydrogen (secondary N) is 2. The summed E-state index contributed by atoms with van der Waals surface area (Å²) in [5, 5.41) is 13.9. The maximum Gasteiger partial charge on any atom is 0.146 e. The van der Waals surface area contributed by atoms with Crippen LogP contribution in [-0.2, 0) is 0 Å². The smallest absolute Gasteiger partial charge is 0.146 e. The van der Waals surface area contributed by atoms with Crippen LogP contribution < -0.4 is 5.32 Å². The highest BCUT2D eigenvalue weighted by Crippen LogP contribution is 2.26. The second kappa shape index (κ2) is 3.86. The summed E-state index contributed by atoms with van der Waals surface area (Å²) in [6.45, 7) is 0. The van der Waals surface area contributed by atoms with Crippen LogP contribution in [0, 0.1) is 0 Å². The van der Waals surface area contributed by atoms with Gasteiger partial charge >= 0.3 is 0 Å². The van der Waals surface area contributed by atoms with E-state index >= 15 is 0 Å². The van der Waals surface area contributed by atoms with Gasteiger partial charge in [0, 0.05) is 5.69 Å². The third-order valence-corrected chi connectivity index (χ3v) is 2.35. The fourth-order valence-corrected chi connectivity index (χ4v) is 1.29. The Bertz CT molecular complexity index is 427. The van der Waals surface area contributed by atoms with E-state index in [0.717, 1.165) is 5.69 Å². The Morgan fingerprint density at radius 1 is 1.21 bits per heavy atom. The summed E-state index contributed by atoms with van der Waals surface area (Å²) in [4.78, 5) is 0. The monoisotopic (exact) mass is 228 g/mol. The molecule has 0 fully saturated rings. The Hall–Kier alpha value is -1.26. The summed E-state index contributed by atoms with van der Waals surface area (Å²) in [5.41, 5.74) is 0.824. The van der Waals surface area contributed by atoms with Crippen molar-refractivity contribution in [1.82, 2.24) is 15.4 Å². The fourth-order valence-electron chi connectivity index (χ4n) is 0.988. The first kappa shape index (κ1) is 9.30. The quantitative estimate of drug-likeness (QED) is 0.832. The standard InChI is InChI=1S/C8H6Cl2N4/c9-6-2-1-5(3-7(6)10)12-8-4-11-14-13-8/h1-4H,(H2,11,12,13,14). The van der Waals surface area contributed by atoms with Gasteiger partial charge < -0.3 is 5.32 Å². The summed E-state index contributed by atoms with van der Waals surface area (Å²) in [7, 11) is 0. The Balaban J connectivity index is 2.22. The molecular formula is C8H6Cl2N4. The van der Waals surface area contributed by atoms with Crippen LogP contribution in [0.15, 0.2) is 24.4 Å². The number of hydrogen-bond acceptors (Lipinski definition) is 3. The molecule has 2 N–H and O–H groups in total. The molecule has 1 aromatic carbocycles. The van der Waals surface area contributed by atoms with Crippen molar-refractivity contribution in [2.24, 2.45) is 0 Å². The van der Waals surface area contributed by atoms with Crippen molar-refractivity contribution in [2.75, 3.05) is 5.32 Å². The van der Waals surface area contributed by atoms with Crippen molar-refractivity contribution in [1.29, 1.82) is 0 Å². The van der Waals surface area contributed by atoms with Crippen LogP contribution in [0.5, 0.6) is 0 Å². The van der Waals surface area contributed by atoms with Crippen LogP contribution >= 0.6 is 23.2 Å².